The molecule has 2 rings (SSSR count). The number of pyridine rings is 1. The van der Waals surface area contributed by atoms with E-state index in [1.807, 2.05) is 25.2 Å². The second-order valence-corrected chi connectivity index (χ2v) is 5.06. The molecule has 1 aliphatic carbocycles. The molecule has 0 radical (unpaired) electrons. The molecule has 0 amide bonds. The Morgan fingerprint density at radius 3 is 2.94 bits per heavy atom. The first-order chi connectivity index (χ1) is 7.80. The van der Waals surface area contributed by atoms with E-state index in [-0.39, 0.29) is 5.54 Å². The average molecular weight is 233 g/mol. The van der Waals surface area contributed by atoms with E-state index < -0.39 is 0 Å². The third-order valence-electron chi connectivity index (χ3n) is 3.01. The lowest BCUT2D eigenvalue weighted by Crippen LogP contribution is -2.46. The standard InChI is InChI=1S/C12H15N3S/c1-14-12(8-13,10-5-6-10)9-16-11-4-2-3-7-15-11/h2-4,7,10,14H,5-6,9H2,1H3. The van der Waals surface area contributed by atoms with Gasteiger partial charge in [-0.15, -0.1) is 11.8 Å². The van der Waals surface area contributed by atoms with Gasteiger partial charge in [0.05, 0.1) is 11.1 Å². The first kappa shape index (κ1) is 11.4. The summed E-state index contributed by atoms with van der Waals surface area (Å²) in [5.41, 5.74) is -0.373. The van der Waals surface area contributed by atoms with Crippen molar-refractivity contribution in [1.29, 1.82) is 5.26 Å². The summed E-state index contributed by atoms with van der Waals surface area (Å²) in [6.07, 6.45) is 4.11. The highest BCUT2D eigenvalue weighted by molar-refractivity contribution is 7.99. The molecule has 1 atom stereocenters. The first-order valence-electron chi connectivity index (χ1n) is 5.45. The van der Waals surface area contributed by atoms with Crippen molar-refractivity contribution in [2.45, 2.75) is 23.4 Å². The van der Waals surface area contributed by atoms with E-state index in [1.54, 1.807) is 18.0 Å². The minimum atomic E-state index is -0.373. The summed E-state index contributed by atoms with van der Waals surface area (Å²) in [5, 5.41) is 13.5. The maximum atomic E-state index is 9.32. The minimum Gasteiger partial charge on any atom is -0.302 e. The summed E-state index contributed by atoms with van der Waals surface area (Å²) in [4.78, 5) is 4.26. The van der Waals surface area contributed by atoms with Gasteiger partial charge in [-0.2, -0.15) is 5.26 Å². The minimum absolute atomic E-state index is 0.373. The molecule has 1 unspecified atom stereocenters. The van der Waals surface area contributed by atoms with Crippen molar-refractivity contribution < 1.29 is 0 Å². The Kier molecular flexibility index (Phi) is 3.47. The van der Waals surface area contributed by atoms with Crippen LogP contribution in [0.25, 0.3) is 0 Å². The normalized spacial score (nSPS) is 18.8. The molecule has 1 fully saturated rings. The van der Waals surface area contributed by atoms with Gasteiger partial charge in [-0.05, 0) is 37.9 Å². The van der Waals surface area contributed by atoms with Gasteiger partial charge < -0.3 is 5.32 Å². The van der Waals surface area contributed by atoms with Crippen LogP contribution in [-0.2, 0) is 0 Å². The molecule has 1 aliphatic rings. The van der Waals surface area contributed by atoms with Crippen LogP contribution in [0.1, 0.15) is 12.8 Å². The van der Waals surface area contributed by atoms with E-state index in [1.165, 1.54) is 0 Å². The quantitative estimate of drug-likeness (QED) is 0.791. The highest BCUT2D eigenvalue weighted by Crippen LogP contribution is 2.41. The van der Waals surface area contributed by atoms with Crippen molar-refractivity contribution in [2.24, 2.45) is 5.92 Å². The SMILES string of the molecule is CNC(C#N)(CSc1ccccn1)C1CC1. The van der Waals surface area contributed by atoms with Crippen LogP contribution in [0.5, 0.6) is 0 Å². The topological polar surface area (TPSA) is 48.7 Å². The summed E-state index contributed by atoms with van der Waals surface area (Å²) < 4.78 is 0. The number of rotatable bonds is 5. The largest absolute Gasteiger partial charge is 0.302 e. The predicted octanol–water partition coefficient (Wildman–Crippen LogP) is 2.07. The van der Waals surface area contributed by atoms with E-state index in [0.717, 1.165) is 23.6 Å². The summed E-state index contributed by atoms with van der Waals surface area (Å²) >= 11 is 1.65. The summed E-state index contributed by atoms with van der Waals surface area (Å²) in [5.74, 6) is 1.28. The van der Waals surface area contributed by atoms with Gasteiger partial charge in [0, 0.05) is 11.9 Å². The van der Waals surface area contributed by atoms with E-state index in [4.69, 9.17) is 0 Å². The lowest BCUT2D eigenvalue weighted by Gasteiger charge is -2.25. The molecule has 1 aromatic heterocycles. The van der Waals surface area contributed by atoms with Gasteiger partial charge in [-0.3, -0.25) is 0 Å². The molecule has 0 saturated heterocycles. The number of nitriles is 1. The molecule has 0 bridgehead atoms. The average Bonchev–Trinajstić information content (AvgIpc) is 3.17. The summed E-state index contributed by atoms with van der Waals surface area (Å²) in [6.45, 7) is 0. The maximum Gasteiger partial charge on any atom is 0.118 e. The number of nitrogens with one attached hydrogen (secondary N) is 1. The molecule has 3 nitrogen and oxygen atoms in total. The van der Waals surface area contributed by atoms with Crippen molar-refractivity contribution in [3.05, 3.63) is 24.4 Å². The third-order valence-corrected chi connectivity index (χ3v) is 4.14. The Bertz CT molecular complexity index is 383. The van der Waals surface area contributed by atoms with Crippen molar-refractivity contribution in [1.82, 2.24) is 10.3 Å². The summed E-state index contributed by atoms with van der Waals surface area (Å²) in [6, 6.07) is 8.29. The van der Waals surface area contributed by atoms with Crippen LogP contribution in [0.3, 0.4) is 0 Å². The fraction of sp³-hybridized carbons (Fsp3) is 0.500. The monoisotopic (exact) mass is 233 g/mol. The lowest BCUT2D eigenvalue weighted by atomic mass is 9.98. The summed E-state index contributed by atoms with van der Waals surface area (Å²) in [7, 11) is 1.88. The molecule has 1 heterocycles. The van der Waals surface area contributed by atoms with E-state index in [2.05, 4.69) is 16.4 Å². The third kappa shape index (κ3) is 2.37. The van der Waals surface area contributed by atoms with Gasteiger partial charge in [-0.25, -0.2) is 4.98 Å². The number of aromatic nitrogens is 1. The van der Waals surface area contributed by atoms with Crippen LogP contribution in [0.15, 0.2) is 29.4 Å². The molecular weight excluding hydrogens is 218 g/mol. The maximum absolute atomic E-state index is 9.32. The van der Waals surface area contributed by atoms with Crippen molar-refractivity contribution in [3.8, 4) is 6.07 Å². The number of nitrogens with zero attached hydrogens (tertiary/aromatic N) is 2. The van der Waals surface area contributed by atoms with Crippen molar-refractivity contribution in [2.75, 3.05) is 12.8 Å². The zero-order valence-corrected chi connectivity index (χ0v) is 10.1. The number of hydrogen-bond donors (Lipinski definition) is 1. The van der Waals surface area contributed by atoms with Crippen molar-refractivity contribution in [3.63, 3.8) is 0 Å². The molecule has 1 aromatic rings. The lowest BCUT2D eigenvalue weighted by molar-refractivity contribution is 0.441. The Hall–Kier alpha value is -1.05. The van der Waals surface area contributed by atoms with Crippen LogP contribution in [0.2, 0.25) is 0 Å². The molecule has 4 heteroatoms. The Balaban J connectivity index is 2.00. The van der Waals surface area contributed by atoms with Crippen LogP contribution in [-0.4, -0.2) is 23.3 Å². The molecular formula is C12H15N3S. The second kappa shape index (κ2) is 4.86. The van der Waals surface area contributed by atoms with Crippen LogP contribution >= 0.6 is 11.8 Å². The van der Waals surface area contributed by atoms with Gasteiger partial charge in [0.1, 0.15) is 5.54 Å². The molecule has 0 aromatic carbocycles. The highest BCUT2D eigenvalue weighted by atomic mass is 32.2. The van der Waals surface area contributed by atoms with Gasteiger partial charge >= 0.3 is 0 Å². The smallest absolute Gasteiger partial charge is 0.118 e. The Labute approximate surface area is 100 Å². The van der Waals surface area contributed by atoms with E-state index in [9.17, 15) is 5.26 Å². The van der Waals surface area contributed by atoms with Gasteiger partial charge in [-0.1, -0.05) is 6.07 Å². The van der Waals surface area contributed by atoms with E-state index >= 15 is 0 Å². The number of hydrogen-bond acceptors (Lipinski definition) is 4. The molecule has 0 aliphatic heterocycles. The number of thioether (sulfide) groups is 1. The zero-order valence-electron chi connectivity index (χ0n) is 9.31. The molecule has 84 valence electrons. The Morgan fingerprint density at radius 2 is 2.44 bits per heavy atom. The predicted molar refractivity (Wildman–Crippen MR) is 65.1 cm³/mol. The van der Waals surface area contributed by atoms with Gasteiger partial charge in [0.2, 0.25) is 0 Å². The van der Waals surface area contributed by atoms with E-state index in [0.29, 0.717) is 5.92 Å². The fourth-order valence-electron chi connectivity index (χ4n) is 1.77. The second-order valence-electron chi connectivity index (χ2n) is 4.06. The van der Waals surface area contributed by atoms with Crippen LogP contribution in [0.4, 0.5) is 0 Å². The highest BCUT2D eigenvalue weighted by Gasteiger charge is 2.44. The van der Waals surface area contributed by atoms with Gasteiger partial charge in [0.25, 0.3) is 0 Å². The molecule has 16 heavy (non-hydrogen) atoms. The molecule has 1 N–H and O–H groups in total. The van der Waals surface area contributed by atoms with Crippen LogP contribution in [0, 0.1) is 17.2 Å². The van der Waals surface area contributed by atoms with Gasteiger partial charge in [0.15, 0.2) is 0 Å². The fourth-order valence-corrected chi connectivity index (χ4v) is 2.90. The van der Waals surface area contributed by atoms with Crippen molar-refractivity contribution >= 4 is 11.8 Å². The zero-order chi connectivity index (χ0) is 11.4. The molecule has 0 spiro atoms. The molecule has 1 saturated carbocycles. The van der Waals surface area contributed by atoms with Crippen LogP contribution < -0.4 is 5.32 Å². The Morgan fingerprint density at radius 1 is 1.62 bits per heavy atom. The first-order valence-corrected chi connectivity index (χ1v) is 6.43.